The summed E-state index contributed by atoms with van der Waals surface area (Å²) in [6.45, 7) is 1.78. The first kappa shape index (κ1) is 22.6. The van der Waals surface area contributed by atoms with Gasteiger partial charge in [0.2, 0.25) is 5.91 Å². The van der Waals surface area contributed by atoms with Gasteiger partial charge in [-0.05, 0) is 35.7 Å². The molecule has 2 amide bonds. The molecule has 1 fully saturated rings. The Morgan fingerprint density at radius 2 is 2.03 bits per heavy atom. The molecular formula is C22H25F2N3O4. The maximum absolute atomic E-state index is 14.8. The average Bonchev–Trinajstić information content (AvgIpc) is 3.12. The number of benzene rings is 2. The number of hydrogen-bond donors (Lipinski definition) is 2. The zero-order valence-electron chi connectivity index (χ0n) is 17.2. The Hall–Kier alpha value is -3.04. The van der Waals surface area contributed by atoms with Crippen molar-refractivity contribution in [2.24, 2.45) is 0 Å². The monoisotopic (exact) mass is 433 g/mol. The number of carbonyl (C=O) groups is 2. The number of amides is 2. The minimum Gasteiger partial charge on any atom is -0.442 e. The molecule has 1 aliphatic heterocycles. The third-order valence-corrected chi connectivity index (χ3v) is 4.90. The molecule has 0 aromatic heterocycles. The van der Waals surface area contributed by atoms with Gasteiger partial charge in [0.25, 0.3) is 0 Å². The van der Waals surface area contributed by atoms with Gasteiger partial charge in [0.15, 0.2) is 0 Å². The number of hydroxylamine groups is 2. The van der Waals surface area contributed by atoms with Crippen LogP contribution in [0.15, 0.2) is 42.5 Å². The van der Waals surface area contributed by atoms with E-state index >= 15 is 0 Å². The fraction of sp³-hybridized carbons (Fsp3) is 0.364. The van der Waals surface area contributed by atoms with Gasteiger partial charge < -0.3 is 15.3 Å². The molecule has 2 aromatic carbocycles. The Bertz CT molecular complexity index is 923. The van der Waals surface area contributed by atoms with E-state index in [0.29, 0.717) is 16.8 Å². The lowest BCUT2D eigenvalue weighted by atomic mass is 10.0. The van der Waals surface area contributed by atoms with E-state index in [0.717, 1.165) is 10.6 Å². The molecule has 1 saturated heterocycles. The fourth-order valence-electron chi connectivity index (χ4n) is 3.32. The molecule has 1 atom stereocenters. The summed E-state index contributed by atoms with van der Waals surface area (Å²) in [7, 11) is 0. The standard InChI is InChI=1S/C22H25F2N3O4/c1-15(28)25-12-19-14-27(22(29)31-19)18-7-8-20(21(24)11-18)17-5-3-16(4-6-17)13-26(30)10-2-9-23/h3-8,11,19,30H,2,9-10,12-14H2,1H3,(H,25,28)/t19-/m0/s1. The van der Waals surface area contributed by atoms with Crippen LogP contribution in [-0.4, -0.2) is 54.7 Å². The molecule has 166 valence electrons. The van der Waals surface area contributed by atoms with Gasteiger partial charge in [-0.3, -0.25) is 14.1 Å². The lowest BCUT2D eigenvalue weighted by Gasteiger charge is -2.15. The second-order valence-electron chi connectivity index (χ2n) is 7.35. The predicted molar refractivity (Wildman–Crippen MR) is 111 cm³/mol. The van der Waals surface area contributed by atoms with Crippen LogP contribution >= 0.6 is 0 Å². The first-order valence-electron chi connectivity index (χ1n) is 9.98. The number of alkyl halides is 1. The zero-order chi connectivity index (χ0) is 22.4. The lowest BCUT2D eigenvalue weighted by Crippen LogP contribution is -2.33. The molecule has 31 heavy (non-hydrogen) atoms. The summed E-state index contributed by atoms with van der Waals surface area (Å²) < 4.78 is 32.2. The number of nitrogens with one attached hydrogen (secondary N) is 1. The largest absolute Gasteiger partial charge is 0.442 e. The highest BCUT2D eigenvalue weighted by Crippen LogP contribution is 2.29. The smallest absolute Gasteiger partial charge is 0.414 e. The van der Waals surface area contributed by atoms with E-state index in [1.165, 1.54) is 17.9 Å². The number of ether oxygens (including phenoxy) is 1. The molecule has 1 heterocycles. The van der Waals surface area contributed by atoms with E-state index in [2.05, 4.69) is 5.32 Å². The molecule has 2 aromatic rings. The van der Waals surface area contributed by atoms with Crippen molar-refractivity contribution in [3.05, 3.63) is 53.8 Å². The van der Waals surface area contributed by atoms with Gasteiger partial charge in [-0.1, -0.05) is 24.3 Å². The number of hydrogen-bond acceptors (Lipinski definition) is 5. The molecule has 0 bridgehead atoms. The Morgan fingerprint density at radius 1 is 1.29 bits per heavy atom. The van der Waals surface area contributed by atoms with E-state index in [-0.39, 0.29) is 38.5 Å². The van der Waals surface area contributed by atoms with E-state index in [1.807, 2.05) is 0 Å². The first-order chi connectivity index (χ1) is 14.9. The van der Waals surface area contributed by atoms with Crippen LogP contribution in [-0.2, 0) is 16.1 Å². The maximum atomic E-state index is 14.8. The molecule has 1 aliphatic rings. The van der Waals surface area contributed by atoms with E-state index in [1.54, 1.807) is 36.4 Å². The van der Waals surface area contributed by atoms with Crippen LogP contribution in [0.5, 0.6) is 0 Å². The van der Waals surface area contributed by atoms with Crippen molar-refractivity contribution in [3.63, 3.8) is 0 Å². The predicted octanol–water partition coefficient (Wildman–Crippen LogP) is 3.50. The van der Waals surface area contributed by atoms with Crippen molar-refractivity contribution in [1.29, 1.82) is 0 Å². The minimum absolute atomic E-state index is 0.198. The van der Waals surface area contributed by atoms with Crippen LogP contribution in [0.4, 0.5) is 19.3 Å². The summed E-state index contributed by atoms with van der Waals surface area (Å²) in [4.78, 5) is 24.5. The number of nitrogens with zero attached hydrogens (tertiary/aromatic N) is 2. The van der Waals surface area contributed by atoms with Crippen LogP contribution < -0.4 is 10.2 Å². The summed E-state index contributed by atoms with van der Waals surface area (Å²) in [5, 5.41) is 13.4. The van der Waals surface area contributed by atoms with E-state index in [4.69, 9.17) is 4.74 Å². The van der Waals surface area contributed by atoms with Gasteiger partial charge >= 0.3 is 6.09 Å². The molecule has 0 saturated carbocycles. The van der Waals surface area contributed by atoms with Gasteiger partial charge in [-0.2, -0.15) is 5.06 Å². The van der Waals surface area contributed by atoms with Gasteiger partial charge in [-0.25, -0.2) is 9.18 Å². The highest BCUT2D eigenvalue weighted by atomic mass is 19.1. The summed E-state index contributed by atoms with van der Waals surface area (Å²) in [6, 6.07) is 11.5. The SMILES string of the molecule is CC(=O)NC[C@H]1CN(c2ccc(-c3ccc(CN(O)CCCF)cc3)c(F)c2)C(=O)O1. The van der Waals surface area contributed by atoms with Gasteiger partial charge in [0.05, 0.1) is 25.5 Å². The van der Waals surface area contributed by atoms with Crippen molar-refractivity contribution >= 4 is 17.7 Å². The molecule has 9 heteroatoms. The lowest BCUT2D eigenvalue weighted by molar-refractivity contribution is -0.119. The normalized spacial score (nSPS) is 16.0. The van der Waals surface area contributed by atoms with Crippen molar-refractivity contribution in [2.45, 2.75) is 26.0 Å². The van der Waals surface area contributed by atoms with Crippen LogP contribution in [0.3, 0.4) is 0 Å². The molecule has 3 rings (SSSR count). The second-order valence-corrected chi connectivity index (χ2v) is 7.35. The molecule has 2 N–H and O–H groups in total. The van der Waals surface area contributed by atoms with Gasteiger partial charge in [0.1, 0.15) is 11.9 Å². The highest BCUT2D eigenvalue weighted by Gasteiger charge is 2.32. The van der Waals surface area contributed by atoms with Crippen molar-refractivity contribution in [3.8, 4) is 11.1 Å². The minimum atomic E-state index is -0.590. The molecule has 7 nitrogen and oxygen atoms in total. The van der Waals surface area contributed by atoms with Crippen LogP contribution in [0.25, 0.3) is 11.1 Å². The average molecular weight is 433 g/mol. The van der Waals surface area contributed by atoms with Gasteiger partial charge in [-0.15, -0.1) is 0 Å². The van der Waals surface area contributed by atoms with Crippen LogP contribution in [0.2, 0.25) is 0 Å². The second kappa shape index (κ2) is 10.3. The summed E-state index contributed by atoms with van der Waals surface area (Å²) in [5.41, 5.74) is 2.20. The topological polar surface area (TPSA) is 82.1 Å². The number of halogens is 2. The molecule has 0 aliphatic carbocycles. The Morgan fingerprint density at radius 3 is 2.68 bits per heavy atom. The van der Waals surface area contributed by atoms with Crippen LogP contribution in [0, 0.1) is 5.82 Å². The van der Waals surface area contributed by atoms with Crippen LogP contribution in [0.1, 0.15) is 18.9 Å². The van der Waals surface area contributed by atoms with E-state index in [9.17, 15) is 23.6 Å². The fourth-order valence-corrected chi connectivity index (χ4v) is 3.32. The third-order valence-electron chi connectivity index (χ3n) is 4.90. The van der Waals surface area contributed by atoms with Crippen molar-refractivity contribution in [1.82, 2.24) is 10.4 Å². The summed E-state index contributed by atoms with van der Waals surface area (Å²) >= 11 is 0. The van der Waals surface area contributed by atoms with Crippen molar-refractivity contribution in [2.75, 3.05) is 31.2 Å². The maximum Gasteiger partial charge on any atom is 0.414 e. The number of anilines is 1. The first-order valence-corrected chi connectivity index (χ1v) is 9.98. The summed E-state index contributed by atoms with van der Waals surface area (Å²) in [5.74, 6) is -0.711. The molecule has 0 spiro atoms. The Labute approximate surface area is 179 Å². The molecule has 0 radical (unpaired) electrons. The quantitative estimate of drug-likeness (QED) is 0.592. The number of cyclic esters (lactones) is 1. The van der Waals surface area contributed by atoms with Gasteiger partial charge in [0, 0.05) is 25.6 Å². The third kappa shape index (κ3) is 5.99. The number of carbonyl (C=O) groups excluding carboxylic acids is 2. The Balaban J connectivity index is 1.67. The van der Waals surface area contributed by atoms with Crippen molar-refractivity contribution < 1.29 is 28.3 Å². The Kier molecular flexibility index (Phi) is 7.54. The highest BCUT2D eigenvalue weighted by molar-refractivity contribution is 5.90. The zero-order valence-corrected chi connectivity index (χ0v) is 17.2. The molecule has 0 unspecified atom stereocenters. The molecular weight excluding hydrogens is 408 g/mol. The number of rotatable bonds is 9. The van der Waals surface area contributed by atoms with E-state index < -0.39 is 24.7 Å². The summed E-state index contributed by atoms with van der Waals surface area (Å²) in [6.07, 6.45) is -0.833.